The van der Waals surface area contributed by atoms with Crippen LogP contribution in [0.3, 0.4) is 0 Å². The van der Waals surface area contributed by atoms with Crippen molar-refractivity contribution >= 4 is 23.1 Å². The van der Waals surface area contributed by atoms with Gasteiger partial charge in [-0.25, -0.2) is 4.98 Å². The van der Waals surface area contributed by atoms with Crippen molar-refractivity contribution < 1.29 is 0 Å². The maximum atomic E-state index is 6.43. The molecule has 3 heterocycles. The van der Waals surface area contributed by atoms with Crippen LogP contribution in [-0.2, 0) is 6.54 Å². The van der Waals surface area contributed by atoms with Crippen molar-refractivity contribution in [2.24, 2.45) is 0 Å². The molecule has 1 aliphatic rings. The molecule has 1 atom stereocenters. The minimum atomic E-state index is 0.651. The van der Waals surface area contributed by atoms with E-state index in [-0.39, 0.29) is 0 Å². The molecule has 0 bridgehead atoms. The Hall–Kier alpha value is -1.65. The van der Waals surface area contributed by atoms with E-state index in [1.165, 1.54) is 37.8 Å². The molecule has 1 N–H and O–H groups in total. The van der Waals surface area contributed by atoms with E-state index in [0.717, 1.165) is 17.9 Å². The molecule has 0 aromatic carbocycles. The molecule has 24 heavy (non-hydrogen) atoms. The highest BCUT2D eigenvalue weighted by atomic mass is 35.5. The number of anilines is 2. The van der Waals surface area contributed by atoms with Gasteiger partial charge in [0.25, 0.3) is 0 Å². The highest BCUT2D eigenvalue weighted by molar-refractivity contribution is 6.33. The minimum absolute atomic E-state index is 0.651. The van der Waals surface area contributed by atoms with Gasteiger partial charge in [0, 0.05) is 24.5 Å². The Morgan fingerprint density at radius 3 is 2.83 bits per heavy atom. The van der Waals surface area contributed by atoms with Crippen LogP contribution in [0.2, 0.25) is 5.02 Å². The normalized spacial score (nSPS) is 18.5. The third-order valence-electron chi connectivity index (χ3n) is 4.68. The van der Waals surface area contributed by atoms with E-state index in [9.17, 15) is 0 Å². The van der Waals surface area contributed by atoms with Gasteiger partial charge in [-0.3, -0.25) is 9.88 Å². The third-order valence-corrected chi connectivity index (χ3v) is 4.97. The Balaban J connectivity index is 1.68. The van der Waals surface area contributed by atoms with Gasteiger partial charge in [0.2, 0.25) is 0 Å². The Kier molecular flexibility index (Phi) is 5.69. The quantitative estimate of drug-likeness (QED) is 0.833. The average molecular weight is 345 g/mol. The van der Waals surface area contributed by atoms with E-state index in [4.69, 9.17) is 11.6 Å². The molecule has 0 aliphatic carbocycles. The van der Waals surface area contributed by atoms with Crippen LogP contribution in [0.1, 0.15) is 43.9 Å². The summed E-state index contributed by atoms with van der Waals surface area (Å²) >= 11 is 6.43. The van der Waals surface area contributed by atoms with Crippen molar-refractivity contribution in [2.45, 2.75) is 52.1 Å². The van der Waals surface area contributed by atoms with Crippen molar-refractivity contribution in [1.82, 2.24) is 14.9 Å². The number of hydrogen-bond acceptors (Lipinski definition) is 4. The van der Waals surface area contributed by atoms with Gasteiger partial charge in [-0.2, -0.15) is 0 Å². The summed E-state index contributed by atoms with van der Waals surface area (Å²) in [5.41, 5.74) is 3.06. The van der Waals surface area contributed by atoms with Crippen molar-refractivity contribution in [3.8, 4) is 0 Å². The molecular formula is C19H25ClN4. The van der Waals surface area contributed by atoms with Gasteiger partial charge in [0.1, 0.15) is 5.82 Å². The predicted molar refractivity (Wildman–Crippen MR) is 99.8 cm³/mol. The number of piperidine rings is 1. The summed E-state index contributed by atoms with van der Waals surface area (Å²) in [6.45, 7) is 6.34. The number of aromatic nitrogens is 2. The Labute approximate surface area is 149 Å². The third kappa shape index (κ3) is 4.25. The zero-order chi connectivity index (χ0) is 16.9. The fourth-order valence-corrected chi connectivity index (χ4v) is 3.54. The number of hydrogen-bond donors (Lipinski definition) is 1. The summed E-state index contributed by atoms with van der Waals surface area (Å²) in [6.07, 6.45) is 8.87. The van der Waals surface area contributed by atoms with Gasteiger partial charge >= 0.3 is 0 Å². The van der Waals surface area contributed by atoms with Gasteiger partial charge in [0.05, 0.1) is 16.9 Å². The van der Waals surface area contributed by atoms with Crippen LogP contribution in [0.15, 0.2) is 30.6 Å². The topological polar surface area (TPSA) is 41.1 Å². The molecule has 0 radical (unpaired) electrons. The van der Waals surface area contributed by atoms with Gasteiger partial charge in [-0.1, -0.05) is 24.9 Å². The smallest absolute Gasteiger partial charge is 0.149 e. The van der Waals surface area contributed by atoms with Gasteiger partial charge in [0.15, 0.2) is 0 Å². The summed E-state index contributed by atoms with van der Waals surface area (Å²) in [5.74, 6) is 0.678. The van der Waals surface area contributed by atoms with Crippen LogP contribution >= 0.6 is 11.6 Å². The molecule has 2 aromatic heterocycles. The number of halogens is 1. The number of rotatable bonds is 5. The maximum Gasteiger partial charge on any atom is 0.149 e. The van der Waals surface area contributed by atoms with Crippen LogP contribution in [0.4, 0.5) is 11.5 Å². The molecular weight excluding hydrogens is 320 g/mol. The molecule has 1 aliphatic heterocycles. The molecule has 4 nitrogen and oxygen atoms in total. The van der Waals surface area contributed by atoms with E-state index in [2.05, 4.69) is 27.1 Å². The number of nitrogens with one attached hydrogen (secondary N) is 1. The molecule has 1 fully saturated rings. The zero-order valence-electron chi connectivity index (χ0n) is 14.4. The lowest BCUT2D eigenvalue weighted by molar-refractivity contribution is 0.136. The van der Waals surface area contributed by atoms with Crippen LogP contribution < -0.4 is 5.32 Å². The monoisotopic (exact) mass is 344 g/mol. The molecule has 0 saturated carbocycles. The standard InChI is InChI=1S/C19H25ClN4/c1-3-17-6-4-5-9-24(17)13-15-10-18(20)19(22-11-15)23-16-8-7-14(2)21-12-16/h7-8,10-12,17H,3-6,9,13H2,1-2H3,(H,22,23)/t17-/m1/s1. The number of aryl methyl sites for hydroxylation is 1. The lowest BCUT2D eigenvalue weighted by Crippen LogP contribution is -2.38. The second-order valence-corrected chi connectivity index (χ2v) is 6.92. The Bertz CT molecular complexity index is 672. The first-order chi connectivity index (χ1) is 11.7. The number of nitrogens with zero attached hydrogens (tertiary/aromatic N) is 3. The van der Waals surface area contributed by atoms with Gasteiger partial charge in [-0.05, 0) is 56.5 Å². The van der Waals surface area contributed by atoms with Gasteiger partial charge < -0.3 is 5.32 Å². The van der Waals surface area contributed by atoms with Gasteiger partial charge in [-0.15, -0.1) is 0 Å². The second-order valence-electron chi connectivity index (χ2n) is 6.52. The lowest BCUT2D eigenvalue weighted by Gasteiger charge is -2.35. The van der Waals surface area contributed by atoms with Crippen LogP contribution in [0.25, 0.3) is 0 Å². The maximum absolute atomic E-state index is 6.43. The van der Waals surface area contributed by atoms with E-state index in [0.29, 0.717) is 16.9 Å². The molecule has 5 heteroatoms. The van der Waals surface area contributed by atoms with Crippen molar-refractivity contribution in [1.29, 1.82) is 0 Å². The SMILES string of the molecule is CC[C@@H]1CCCCN1Cc1cnc(Nc2ccc(C)nc2)c(Cl)c1. The summed E-state index contributed by atoms with van der Waals surface area (Å²) in [7, 11) is 0. The average Bonchev–Trinajstić information content (AvgIpc) is 2.60. The lowest BCUT2D eigenvalue weighted by atomic mass is 9.99. The Morgan fingerprint density at radius 1 is 1.25 bits per heavy atom. The van der Waals surface area contributed by atoms with Crippen LogP contribution in [0.5, 0.6) is 0 Å². The first-order valence-corrected chi connectivity index (χ1v) is 9.11. The highest BCUT2D eigenvalue weighted by Gasteiger charge is 2.21. The largest absolute Gasteiger partial charge is 0.338 e. The van der Waals surface area contributed by atoms with E-state index < -0.39 is 0 Å². The van der Waals surface area contributed by atoms with Crippen molar-refractivity contribution in [3.05, 3.63) is 46.9 Å². The first-order valence-electron chi connectivity index (χ1n) is 8.74. The number of pyridine rings is 2. The highest BCUT2D eigenvalue weighted by Crippen LogP contribution is 2.26. The molecule has 128 valence electrons. The van der Waals surface area contributed by atoms with Crippen LogP contribution in [0, 0.1) is 6.92 Å². The zero-order valence-corrected chi connectivity index (χ0v) is 15.2. The molecule has 0 amide bonds. The second kappa shape index (κ2) is 7.95. The molecule has 1 saturated heterocycles. The van der Waals surface area contributed by atoms with E-state index >= 15 is 0 Å². The summed E-state index contributed by atoms with van der Waals surface area (Å²) < 4.78 is 0. The van der Waals surface area contributed by atoms with Crippen molar-refractivity contribution in [3.63, 3.8) is 0 Å². The summed E-state index contributed by atoms with van der Waals surface area (Å²) in [5, 5.41) is 3.88. The van der Waals surface area contributed by atoms with Crippen LogP contribution in [-0.4, -0.2) is 27.5 Å². The molecule has 3 rings (SSSR count). The van der Waals surface area contributed by atoms with Crippen molar-refractivity contribution in [2.75, 3.05) is 11.9 Å². The number of likely N-dealkylation sites (tertiary alicyclic amines) is 1. The predicted octanol–water partition coefficient (Wildman–Crippen LogP) is 4.95. The minimum Gasteiger partial charge on any atom is -0.338 e. The van der Waals surface area contributed by atoms with E-state index in [1.54, 1.807) is 6.20 Å². The molecule has 0 unspecified atom stereocenters. The Morgan fingerprint density at radius 2 is 2.12 bits per heavy atom. The summed E-state index contributed by atoms with van der Waals surface area (Å²) in [4.78, 5) is 11.4. The first kappa shape index (κ1) is 17.2. The fraction of sp³-hybridized carbons (Fsp3) is 0.474. The fourth-order valence-electron chi connectivity index (χ4n) is 3.30. The van der Waals surface area contributed by atoms with E-state index in [1.807, 2.05) is 31.3 Å². The summed E-state index contributed by atoms with van der Waals surface area (Å²) in [6, 6.07) is 6.66. The molecule has 0 spiro atoms. The molecule has 2 aromatic rings.